The molecule has 1 unspecified atom stereocenters. The molecule has 0 aromatic heterocycles. The molecule has 0 radical (unpaired) electrons. The number of hydrogen-bond donors (Lipinski definition) is 0. The zero-order chi connectivity index (χ0) is 13.1. The van der Waals surface area contributed by atoms with Gasteiger partial charge in [-0.1, -0.05) is 60.7 Å². The molecule has 0 N–H and O–H groups in total. The topological polar surface area (TPSA) is 29.6 Å². The Bertz CT molecular complexity index is 533. The van der Waals surface area contributed by atoms with Gasteiger partial charge in [0.25, 0.3) is 0 Å². The minimum atomic E-state index is -2.52. The first-order chi connectivity index (χ1) is 9.29. The highest BCUT2D eigenvalue weighted by molar-refractivity contribution is 7.78. The summed E-state index contributed by atoms with van der Waals surface area (Å²) < 4.78 is 18.7. The molecule has 19 heavy (non-hydrogen) atoms. The summed E-state index contributed by atoms with van der Waals surface area (Å²) in [6, 6.07) is 19.6. The van der Waals surface area contributed by atoms with Crippen LogP contribution in [0, 0.1) is 0 Å². The molecule has 0 bridgehead atoms. The molecule has 0 spiro atoms. The van der Waals surface area contributed by atoms with Gasteiger partial charge in [-0.05, 0) is 6.42 Å². The van der Waals surface area contributed by atoms with Crippen molar-refractivity contribution in [2.45, 2.75) is 12.5 Å². The van der Waals surface area contributed by atoms with E-state index in [1.54, 1.807) is 0 Å². The molecule has 0 saturated carbocycles. The minimum absolute atomic E-state index is 0.320. The third kappa shape index (κ3) is 2.80. The Balaban J connectivity index is 1.97. The molecule has 3 rings (SSSR count). The summed E-state index contributed by atoms with van der Waals surface area (Å²) in [5, 5.41) is 1.89. The molecule has 1 saturated heterocycles. The molecular weight excluding hydrogens is 255 g/mol. The first-order valence-electron chi connectivity index (χ1n) is 6.61. The van der Waals surface area contributed by atoms with Crippen molar-refractivity contribution in [1.82, 2.24) is 0 Å². The van der Waals surface area contributed by atoms with Crippen molar-refractivity contribution in [2.75, 3.05) is 12.8 Å². The lowest BCUT2D eigenvalue weighted by molar-refractivity contribution is 0.403. The zero-order valence-electron chi connectivity index (χ0n) is 10.7. The Labute approximate surface area is 113 Å². The van der Waals surface area contributed by atoms with E-state index in [9.17, 15) is 4.57 Å². The van der Waals surface area contributed by atoms with Crippen LogP contribution in [0.4, 0.5) is 0 Å². The lowest BCUT2D eigenvalue weighted by Gasteiger charge is -2.18. The lowest BCUT2D eigenvalue weighted by Crippen LogP contribution is -2.19. The highest BCUT2D eigenvalue weighted by Gasteiger charge is 2.31. The standard InChI is InChI=1S/C16H17O2P/c17-19(12-11-14-13-18-14,15-7-3-1-4-8-15)16-9-5-2-6-10-16/h1-10,14H,11-13H2. The highest BCUT2D eigenvalue weighted by Crippen LogP contribution is 2.44. The highest BCUT2D eigenvalue weighted by atomic mass is 31.2. The van der Waals surface area contributed by atoms with Crippen LogP contribution >= 0.6 is 7.14 Å². The first-order valence-corrected chi connectivity index (χ1v) is 8.50. The number of benzene rings is 2. The predicted octanol–water partition coefficient (Wildman–Crippen LogP) is 2.79. The Morgan fingerprint density at radius 2 is 1.42 bits per heavy atom. The fourth-order valence-electron chi connectivity index (χ4n) is 2.31. The third-order valence-electron chi connectivity index (χ3n) is 3.51. The van der Waals surface area contributed by atoms with Crippen LogP contribution in [0.1, 0.15) is 6.42 Å². The number of ether oxygens (including phenoxy) is 1. The van der Waals surface area contributed by atoms with Gasteiger partial charge in [0.05, 0.1) is 12.7 Å². The molecule has 1 fully saturated rings. The Morgan fingerprint density at radius 1 is 0.947 bits per heavy atom. The van der Waals surface area contributed by atoms with Crippen LogP contribution in [-0.4, -0.2) is 18.9 Å². The summed E-state index contributed by atoms with van der Waals surface area (Å²) in [5.74, 6) is 0. The third-order valence-corrected chi connectivity index (χ3v) is 6.67. The van der Waals surface area contributed by atoms with Crippen LogP contribution in [0.5, 0.6) is 0 Å². The maximum atomic E-state index is 13.5. The van der Waals surface area contributed by atoms with E-state index >= 15 is 0 Å². The van der Waals surface area contributed by atoms with Crippen molar-refractivity contribution < 1.29 is 9.30 Å². The fourth-order valence-corrected chi connectivity index (χ4v) is 5.08. The van der Waals surface area contributed by atoms with Crippen LogP contribution in [0.25, 0.3) is 0 Å². The monoisotopic (exact) mass is 272 g/mol. The number of hydrogen-bond acceptors (Lipinski definition) is 2. The van der Waals surface area contributed by atoms with Crippen molar-refractivity contribution in [3.8, 4) is 0 Å². The lowest BCUT2D eigenvalue weighted by atomic mass is 10.4. The molecule has 0 aliphatic carbocycles. The molecule has 1 aliphatic rings. The van der Waals surface area contributed by atoms with Crippen LogP contribution < -0.4 is 10.6 Å². The smallest absolute Gasteiger partial charge is 0.143 e. The van der Waals surface area contributed by atoms with Gasteiger partial charge in [0.15, 0.2) is 0 Å². The Morgan fingerprint density at radius 3 is 1.84 bits per heavy atom. The van der Waals surface area contributed by atoms with E-state index in [1.807, 2.05) is 60.7 Å². The van der Waals surface area contributed by atoms with Gasteiger partial charge in [-0.25, -0.2) is 0 Å². The summed E-state index contributed by atoms with van der Waals surface area (Å²) in [6.07, 6.45) is 1.88. The summed E-state index contributed by atoms with van der Waals surface area (Å²) in [7, 11) is -2.52. The molecule has 1 aliphatic heterocycles. The van der Waals surface area contributed by atoms with Gasteiger partial charge in [-0.15, -0.1) is 0 Å². The Hall–Kier alpha value is -1.37. The molecule has 1 atom stereocenters. The van der Waals surface area contributed by atoms with Crippen LogP contribution in [0.3, 0.4) is 0 Å². The van der Waals surface area contributed by atoms with Gasteiger partial charge < -0.3 is 9.30 Å². The average molecular weight is 272 g/mol. The Kier molecular flexibility index (Phi) is 3.54. The van der Waals surface area contributed by atoms with Gasteiger partial charge in [-0.3, -0.25) is 0 Å². The van der Waals surface area contributed by atoms with E-state index in [2.05, 4.69) is 0 Å². The molecule has 0 amide bonds. The molecule has 3 heteroatoms. The second kappa shape index (κ2) is 5.32. The van der Waals surface area contributed by atoms with Crippen molar-refractivity contribution in [3.63, 3.8) is 0 Å². The quantitative estimate of drug-likeness (QED) is 0.618. The predicted molar refractivity (Wildman–Crippen MR) is 79.0 cm³/mol. The van der Waals surface area contributed by atoms with Gasteiger partial charge in [0, 0.05) is 16.8 Å². The van der Waals surface area contributed by atoms with E-state index in [0.717, 1.165) is 23.6 Å². The van der Waals surface area contributed by atoms with Crippen LogP contribution in [0.2, 0.25) is 0 Å². The zero-order valence-corrected chi connectivity index (χ0v) is 11.6. The van der Waals surface area contributed by atoms with E-state index in [4.69, 9.17) is 4.74 Å². The first kappa shape index (κ1) is 12.7. The van der Waals surface area contributed by atoms with Gasteiger partial charge in [0.1, 0.15) is 7.14 Å². The van der Waals surface area contributed by atoms with Crippen molar-refractivity contribution in [1.29, 1.82) is 0 Å². The minimum Gasteiger partial charge on any atom is -0.373 e. The van der Waals surface area contributed by atoms with Gasteiger partial charge >= 0.3 is 0 Å². The summed E-state index contributed by atoms with van der Waals surface area (Å²) in [5.41, 5.74) is 0. The second-order valence-electron chi connectivity index (χ2n) is 4.88. The molecule has 2 aromatic carbocycles. The largest absolute Gasteiger partial charge is 0.373 e. The van der Waals surface area contributed by atoms with Gasteiger partial charge in [-0.2, -0.15) is 0 Å². The number of rotatable bonds is 5. The maximum absolute atomic E-state index is 13.5. The van der Waals surface area contributed by atoms with E-state index in [0.29, 0.717) is 12.3 Å². The normalized spacial score (nSPS) is 18.2. The fraction of sp³-hybridized carbons (Fsp3) is 0.250. The summed E-state index contributed by atoms with van der Waals surface area (Å²) in [6.45, 7) is 0.823. The van der Waals surface area contributed by atoms with E-state index in [1.165, 1.54) is 0 Å². The number of epoxide rings is 1. The molecule has 1 heterocycles. The second-order valence-corrected chi connectivity index (χ2v) is 7.84. The molecular formula is C16H17O2P. The molecule has 2 aromatic rings. The maximum Gasteiger partial charge on any atom is 0.143 e. The molecule has 98 valence electrons. The van der Waals surface area contributed by atoms with E-state index < -0.39 is 7.14 Å². The molecule has 2 nitrogen and oxygen atoms in total. The summed E-state index contributed by atoms with van der Waals surface area (Å²) in [4.78, 5) is 0. The van der Waals surface area contributed by atoms with Crippen molar-refractivity contribution in [3.05, 3.63) is 60.7 Å². The summed E-state index contributed by atoms with van der Waals surface area (Å²) >= 11 is 0. The van der Waals surface area contributed by atoms with Gasteiger partial charge in [0.2, 0.25) is 0 Å². The SMILES string of the molecule is O=P(CCC1CO1)(c1ccccc1)c1ccccc1. The van der Waals surface area contributed by atoms with Crippen molar-refractivity contribution in [2.24, 2.45) is 0 Å². The van der Waals surface area contributed by atoms with Crippen LogP contribution in [0.15, 0.2) is 60.7 Å². The average Bonchev–Trinajstić information content (AvgIpc) is 3.31. The van der Waals surface area contributed by atoms with Crippen molar-refractivity contribution >= 4 is 17.8 Å². The van der Waals surface area contributed by atoms with E-state index in [-0.39, 0.29) is 0 Å². The van der Waals surface area contributed by atoms with Crippen LogP contribution in [-0.2, 0) is 9.30 Å².